The van der Waals surface area contributed by atoms with E-state index >= 15 is 0 Å². The largest absolute Gasteiger partial charge is 0.443 e. The van der Waals surface area contributed by atoms with Crippen LogP contribution in [0.25, 0.3) is 0 Å². The Morgan fingerprint density at radius 3 is 1.93 bits per heavy atom. The first-order valence-corrected chi connectivity index (χ1v) is 9.11. The van der Waals surface area contributed by atoms with Crippen molar-refractivity contribution in [2.45, 2.75) is 39.3 Å². The summed E-state index contributed by atoms with van der Waals surface area (Å²) < 4.78 is 5.38. The number of nitrogens with zero attached hydrogens (tertiary/aromatic N) is 1. The van der Waals surface area contributed by atoms with E-state index in [9.17, 15) is 9.59 Å². The van der Waals surface area contributed by atoms with Crippen molar-refractivity contribution in [2.75, 3.05) is 18.0 Å². The van der Waals surface area contributed by atoms with Gasteiger partial charge in [0.05, 0.1) is 6.54 Å². The molecule has 0 fully saturated rings. The average Bonchev–Trinajstić information content (AvgIpc) is 2.61. The summed E-state index contributed by atoms with van der Waals surface area (Å²) in [6.07, 6.45) is -0.0786. The quantitative estimate of drug-likeness (QED) is 0.683. The van der Waals surface area contributed by atoms with Crippen LogP contribution >= 0.6 is 0 Å². The SMILES string of the molecule is CC(C)(C)OC(=O)N(Cc1ccc(N)cc1)C(=O)NCCc1ccc(N)cc1. The number of ether oxygens (including phenoxy) is 1. The molecular formula is C21H28N4O3. The van der Waals surface area contributed by atoms with E-state index in [0.717, 1.165) is 16.0 Å². The van der Waals surface area contributed by atoms with Crippen molar-refractivity contribution >= 4 is 23.5 Å². The summed E-state index contributed by atoms with van der Waals surface area (Å²) in [7, 11) is 0. The van der Waals surface area contributed by atoms with Gasteiger partial charge in [0.25, 0.3) is 0 Å². The minimum absolute atomic E-state index is 0.0862. The molecule has 0 saturated heterocycles. The monoisotopic (exact) mass is 384 g/mol. The van der Waals surface area contributed by atoms with Gasteiger partial charge in [0, 0.05) is 17.9 Å². The molecule has 2 rings (SSSR count). The zero-order valence-corrected chi connectivity index (χ0v) is 16.6. The lowest BCUT2D eigenvalue weighted by Gasteiger charge is -2.26. The number of nitrogens with two attached hydrogens (primary N) is 2. The minimum atomic E-state index is -0.708. The number of amides is 3. The molecule has 0 radical (unpaired) electrons. The number of rotatable bonds is 5. The Balaban J connectivity index is 2.03. The first-order valence-electron chi connectivity index (χ1n) is 9.11. The second-order valence-corrected chi connectivity index (χ2v) is 7.53. The van der Waals surface area contributed by atoms with Gasteiger partial charge in [-0.05, 0) is 62.6 Å². The number of carbonyl (C=O) groups excluding carboxylic acids is 2. The van der Waals surface area contributed by atoms with Crippen LogP contribution in [0.4, 0.5) is 21.0 Å². The third-order valence-corrected chi connectivity index (χ3v) is 3.85. The Hall–Kier alpha value is -3.22. The summed E-state index contributed by atoms with van der Waals surface area (Å²) in [6.45, 7) is 5.73. The number of nitrogen functional groups attached to an aromatic ring is 2. The van der Waals surface area contributed by atoms with Gasteiger partial charge in [0.15, 0.2) is 0 Å². The van der Waals surface area contributed by atoms with E-state index in [0.29, 0.717) is 24.3 Å². The van der Waals surface area contributed by atoms with Crippen LogP contribution in [0.5, 0.6) is 0 Å². The summed E-state index contributed by atoms with van der Waals surface area (Å²) in [5, 5.41) is 2.77. The Morgan fingerprint density at radius 1 is 0.929 bits per heavy atom. The molecule has 7 nitrogen and oxygen atoms in total. The topological polar surface area (TPSA) is 111 Å². The molecule has 0 unspecified atom stereocenters. The van der Waals surface area contributed by atoms with Crippen molar-refractivity contribution < 1.29 is 14.3 Å². The molecule has 2 aromatic rings. The molecule has 0 saturated carbocycles. The lowest BCUT2D eigenvalue weighted by atomic mass is 10.1. The van der Waals surface area contributed by atoms with Crippen LogP contribution in [0, 0.1) is 0 Å². The first-order chi connectivity index (χ1) is 13.1. The third-order valence-electron chi connectivity index (χ3n) is 3.85. The van der Waals surface area contributed by atoms with E-state index in [1.807, 2.05) is 24.3 Å². The molecule has 28 heavy (non-hydrogen) atoms. The summed E-state index contributed by atoms with van der Waals surface area (Å²) in [4.78, 5) is 26.3. The lowest BCUT2D eigenvalue weighted by Crippen LogP contribution is -2.46. The summed E-state index contributed by atoms with van der Waals surface area (Å²) >= 11 is 0. The molecular weight excluding hydrogens is 356 g/mol. The number of anilines is 2. The highest BCUT2D eigenvalue weighted by molar-refractivity contribution is 5.91. The van der Waals surface area contributed by atoms with Gasteiger partial charge in [-0.15, -0.1) is 0 Å². The summed E-state index contributed by atoms with van der Waals surface area (Å²) in [5.74, 6) is 0. The molecule has 5 N–H and O–H groups in total. The Labute approximate surface area is 165 Å². The molecule has 0 aromatic heterocycles. The van der Waals surface area contributed by atoms with E-state index in [-0.39, 0.29) is 6.54 Å². The number of hydrogen-bond acceptors (Lipinski definition) is 5. The molecule has 0 aliphatic heterocycles. The predicted molar refractivity (Wildman–Crippen MR) is 111 cm³/mol. The van der Waals surface area contributed by atoms with Crippen molar-refractivity contribution in [2.24, 2.45) is 0 Å². The van der Waals surface area contributed by atoms with Crippen molar-refractivity contribution in [3.8, 4) is 0 Å². The lowest BCUT2D eigenvalue weighted by molar-refractivity contribution is 0.0309. The van der Waals surface area contributed by atoms with Crippen LogP contribution < -0.4 is 16.8 Å². The highest BCUT2D eigenvalue weighted by atomic mass is 16.6. The Morgan fingerprint density at radius 2 is 1.43 bits per heavy atom. The standard InChI is InChI=1S/C21H28N4O3/c1-21(2,3)28-20(27)25(14-16-6-10-18(23)11-7-16)19(26)24-13-12-15-4-8-17(22)9-5-15/h4-11H,12-14,22-23H2,1-3H3,(H,24,26). The minimum Gasteiger partial charge on any atom is -0.443 e. The predicted octanol–water partition coefficient (Wildman–Crippen LogP) is 3.54. The van der Waals surface area contributed by atoms with Crippen molar-refractivity contribution in [1.29, 1.82) is 0 Å². The van der Waals surface area contributed by atoms with Gasteiger partial charge in [0.1, 0.15) is 5.60 Å². The molecule has 0 heterocycles. The van der Waals surface area contributed by atoms with E-state index in [2.05, 4.69) is 5.32 Å². The third kappa shape index (κ3) is 6.83. The maximum Gasteiger partial charge on any atom is 0.418 e. The van der Waals surface area contributed by atoms with E-state index < -0.39 is 17.7 Å². The van der Waals surface area contributed by atoms with Gasteiger partial charge in [-0.25, -0.2) is 14.5 Å². The van der Waals surface area contributed by atoms with Gasteiger partial charge in [0.2, 0.25) is 0 Å². The van der Waals surface area contributed by atoms with Crippen LogP contribution in [0.2, 0.25) is 0 Å². The smallest absolute Gasteiger partial charge is 0.418 e. The molecule has 0 aliphatic carbocycles. The molecule has 0 bridgehead atoms. The van der Waals surface area contributed by atoms with Gasteiger partial charge in [-0.1, -0.05) is 24.3 Å². The fraction of sp³-hybridized carbons (Fsp3) is 0.333. The zero-order chi connectivity index (χ0) is 20.7. The van der Waals surface area contributed by atoms with Gasteiger partial charge in [-0.2, -0.15) is 0 Å². The number of hydrogen-bond donors (Lipinski definition) is 3. The fourth-order valence-electron chi connectivity index (χ4n) is 2.44. The summed E-state index contributed by atoms with van der Waals surface area (Å²) in [5.41, 5.74) is 13.8. The highest BCUT2D eigenvalue weighted by Gasteiger charge is 2.27. The molecule has 7 heteroatoms. The molecule has 0 atom stereocenters. The van der Waals surface area contributed by atoms with Crippen LogP contribution in [0.3, 0.4) is 0 Å². The number of benzene rings is 2. The van der Waals surface area contributed by atoms with Crippen LogP contribution in [0.15, 0.2) is 48.5 Å². The van der Waals surface area contributed by atoms with Gasteiger partial charge >= 0.3 is 12.1 Å². The van der Waals surface area contributed by atoms with Crippen LogP contribution in [-0.4, -0.2) is 29.2 Å². The molecule has 0 spiro atoms. The molecule has 3 amide bonds. The van der Waals surface area contributed by atoms with E-state index in [1.165, 1.54) is 0 Å². The second kappa shape index (κ2) is 9.12. The average molecular weight is 384 g/mol. The fourth-order valence-corrected chi connectivity index (χ4v) is 2.44. The Bertz CT molecular complexity index is 796. The maximum atomic E-state index is 12.7. The second-order valence-electron chi connectivity index (χ2n) is 7.53. The zero-order valence-electron chi connectivity index (χ0n) is 16.6. The highest BCUT2D eigenvalue weighted by Crippen LogP contribution is 2.14. The van der Waals surface area contributed by atoms with Crippen molar-refractivity contribution in [1.82, 2.24) is 10.2 Å². The van der Waals surface area contributed by atoms with Crippen LogP contribution in [-0.2, 0) is 17.7 Å². The number of nitrogens with one attached hydrogen (secondary N) is 1. The van der Waals surface area contributed by atoms with Gasteiger partial charge < -0.3 is 21.5 Å². The number of imide groups is 1. The number of carbonyl (C=O) groups is 2. The normalized spacial score (nSPS) is 11.0. The Kier molecular flexibility index (Phi) is 6.87. The van der Waals surface area contributed by atoms with Crippen LogP contribution in [0.1, 0.15) is 31.9 Å². The van der Waals surface area contributed by atoms with Gasteiger partial charge in [-0.3, -0.25) is 0 Å². The van der Waals surface area contributed by atoms with Crippen molar-refractivity contribution in [3.05, 3.63) is 59.7 Å². The van der Waals surface area contributed by atoms with E-state index in [4.69, 9.17) is 16.2 Å². The van der Waals surface area contributed by atoms with E-state index in [1.54, 1.807) is 45.0 Å². The summed E-state index contributed by atoms with van der Waals surface area (Å²) in [6, 6.07) is 13.9. The first kappa shape index (κ1) is 21.1. The number of urea groups is 1. The molecule has 2 aromatic carbocycles. The maximum absolute atomic E-state index is 12.7. The molecule has 0 aliphatic rings. The molecule has 150 valence electrons. The van der Waals surface area contributed by atoms with Crippen molar-refractivity contribution in [3.63, 3.8) is 0 Å².